The van der Waals surface area contributed by atoms with Crippen LogP contribution in [-0.4, -0.2) is 32.5 Å². The molecule has 0 saturated carbocycles. The molecule has 7 heteroatoms. The van der Waals surface area contributed by atoms with E-state index in [0.717, 1.165) is 24.8 Å². The number of aromatic nitrogens is 2. The van der Waals surface area contributed by atoms with Gasteiger partial charge in [0.05, 0.1) is 17.1 Å². The summed E-state index contributed by atoms with van der Waals surface area (Å²) in [4.78, 5) is 10.6. The van der Waals surface area contributed by atoms with E-state index in [9.17, 15) is 8.42 Å². The second-order valence-electron chi connectivity index (χ2n) is 6.20. The molecule has 128 valence electrons. The Bertz CT molecular complexity index is 834. The largest absolute Gasteiger partial charge is 0.347 e. The van der Waals surface area contributed by atoms with Crippen LogP contribution in [0.3, 0.4) is 0 Å². The van der Waals surface area contributed by atoms with Crippen LogP contribution in [0.15, 0.2) is 35.4 Å². The molecule has 0 bridgehead atoms. The fourth-order valence-electron chi connectivity index (χ4n) is 2.83. The van der Waals surface area contributed by atoms with Gasteiger partial charge < -0.3 is 4.90 Å². The van der Waals surface area contributed by atoms with Crippen LogP contribution >= 0.6 is 0 Å². The molecule has 0 radical (unpaired) electrons. The van der Waals surface area contributed by atoms with Crippen LogP contribution in [0.4, 0.5) is 5.95 Å². The minimum absolute atomic E-state index is 0.142. The lowest BCUT2D eigenvalue weighted by molar-refractivity contribution is 0.579. The van der Waals surface area contributed by atoms with Gasteiger partial charge in [-0.15, -0.1) is 0 Å². The number of rotatable bonds is 5. The smallest absolute Gasteiger partial charge is 0.240 e. The van der Waals surface area contributed by atoms with E-state index in [1.54, 1.807) is 23.2 Å². The highest BCUT2D eigenvalue weighted by atomic mass is 32.2. The maximum absolute atomic E-state index is 12.5. The van der Waals surface area contributed by atoms with Crippen LogP contribution in [0, 0.1) is 0 Å². The number of benzene rings is 1. The predicted octanol–water partition coefficient (Wildman–Crippen LogP) is 1.90. The molecular weight excluding hydrogens is 324 g/mol. The molecule has 0 aliphatic heterocycles. The van der Waals surface area contributed by atoms with Gasteiger partial charge in [-0.2, -0.15) is 0 Å². The maximum Gasteiger partial charge on any atom is 0.240 e. The number of nitrogens with zero attached hydrogens (tertiary/aromatic N) is 3. The van der Waals surface area contributed by atoms with E-state index >= 15 is 0 Å². The van der Waals surface area contributed by atoms with Gasteiger partial charge in [-0.25, -0.2) is 23.1 Å². The third-order valence-corrected chi connectivity index (χ3v) is 5.57. The Labute approximate surface area is 143 Å². The molecule has 1 aromatic heterocycles. The van der Waals surface area contributed by atoms with E-state index in [0.29, 0.717) is 16.5 Å². The van der Waals surface area contributed by atoms with Gasteiger partial charge in [0.2, 0.25) is 16.0 Å². The highest BCUT2D eigenvalue weighted by Gasteiger charge is 2.17. The molecule has 24 heavy (non-hydrogen) atoms. The van der Waals surface area contributed by atoms with Crippen molar-refractivity contribution in [3.63, 3.8) is 0 Å². The number of sulfonamides is 1. The Hall–Kier alpha value is -1.99. The lowest BCUT2D eigenvalue weighted by Gasteiger charge is -2.17. The topological polar surface area (TPSA) is 75.2 Å². The third kappa shape index (κ3) is 3.73. The van der Waals surface area contributed by atoms with Crippen molar-refractivity contribution in [3.8, 4) is 0 Å². The number of nitrogens with one attached hydrogen (secondary N) is 1. The van der Waals surface area contributed by atoms with Crippen molar-refractivity contribution in [1.29, 1.82) is 0 Å². The second kappa shape index (κ2) is 6.86. The van der Waals surface area contributed by atoms with Crippen LogP contribution < -0.4 is 9.62 Å². The summed E-state index contributed by atoms with van der Waals surface area (Å²) in [7, 11) is 0.138. The molecule has 1 aliphatic rings. The minimum Gasteiger partial charge on any atom is -0.347 e. The quantitative estimate of drug-likeness (QED) is 0.895. The zero-order chi connectivity index (χ0) is 17.2. The van der Waals surface area contributed by atoms with Crippen LogP contribution in [0.2, 0.25) is 0 Å². The molecule has 0 amide bonds. The highest BCUT2D eigenvalue weighted by molar-refractivity contribution is 7.89. The molecule has 1 heterocycles. The van der Waals surface area contributed by atoms with Gasteiger partial charge in [0, 0.05) is 20.3 Å². The first-order chi connectivity index (χ1) is 11.5. The molecular formula is C17H22N4O2S. The lowest BCUT2D eigenvalue weighted by atomic mass is 9.92. The van der Waals surface area contributed by atoms with Crippen molar-refractivity contribution in [2.45, 2.75) is 37.1 Å². The molecule has 0 spiro atoms. The Morgan fingerprint density at radius 2 is 1.88 bits per heavy atom. The van der Waals surface area contributed by atoms with Crippen molar-refractivity contribution in [2.75, 3.05) is 19.0 Å². The summed E-state index contributed by atoms with van der Waals surface area (Å²) < 4.78 is 27.7. The molecule has 6 nitrogen and oxygen atoms in total. The van der Waals surface area contributed by atoms with Crippen LogP contribution in [0.25, 0.3) is 0 Å². The van der Waals surface area contributed by atoms with E-state index in [1.165, 1.54) is 12.0 Å². The average Bonchev–Trinajstić information content (AvgIpc) is 2.60. The number of fused-ring (bicyclic) bond motifs is 1. The van der Waals surface area contributed by atoms with E-state index < -0.39 is 10.0 Å². The van der Waals surface area contributed by atoms with Gasteiger partial charge in [-0.05, 0) is 55.0 Å². The molecule has 1 N–H and O–H groups in total. The third-order valence-electron chi connectivity index (χ3n) is 4.17. The number of hydrogen-bond acceptors (Lipinski definition) is 5. The first-order valence-corrected chi connectivity index (χ1v) is 9.55. The van der Waals surface area contributed by atoms with Gasteiger partial charge in [-0.1, -0.05) is 6.07 Å². The van der Waals surface area contributed by atoms with Crippen LogP contribution in [0.1, 0.15) is 29.7 Å². The van der Waals surface area contributed by atoms with Gasteiger partial charge in [-0.3, -0.25) is 0 Å². The van der Waals surface area contributed by atoms with Crippen molar-refractivity contribution in [3.05, 3.63) is 47.3 Å². The first kappa shape index (κ1) is 16.9. The van der Waals surface area contributed by atoms with E-state index in [1.807, 2.05) is 26.2 Å². The molecule has 0 fully saturated rings. The van der Waals surface area contributed by atoms with Crippen molar-refractivity contribution in [1.82, 2.24) is 14.7 Å². The van der Waals surface area contributed by atoms with Gasteiger partial charge in [0.15, 0.2) is 0 Å². The van der Waals surface area contributed by atoms with Gasteiger partial charge >= 0.3 is 0 Å². The number of anilines is 1. The maximum atomic E-state index is 12.5. The van der Waals surface area contributed by atoms with Crippen molar-refractivity contribution in [2.24, 2.45) is 0 Å². The fourth-order valence-corrected chi connectivity index (χ4v) is 3.88. The summed E-state index contributed by atoms with van der Waals surface area (Å²) in [6.07, 6.45) is 5.93. The normalized spacial score (nSPS) is 14.2. The molecule has 1 aromatic carbocycles. The highest BCUT2D eigenvalue weighted by Crippen LogP contribution is 2.24. The minimum atomic E-state index is -3.55. The average molecular weight is 346 g/mol. The SMILES string of the molecule is CN(C)c1nccc(CNS(=O)(=O)c2ccc3c(c2)CCCC3)n1. The predicted molar refractivity (Wildman–Crippen MR) is 93.5 cm³/mol. The molecule has 0 saturated heterocycles. The summed E-state index contributed by atoms with van der Waals surface area (Å²) in [6, 6.07) is 7.15. The summed E-state index contributed by atoms with van der Waals surface area (Å²) in [6.45, 7) is 0.142. The second-order valence-corrected chi connectivity index (χ2v) is 7.97. The Balaban J connectivity index is 1.75. The molecule has 2 aromatic rings. The number of aryl methyl sites for hydroxylation is 2. The summed E-state index contributed by atoms with van der Waals surface area (Å²) in [5, 5.41) is 0. The summed E-state index contributed by atoms with van der Waals surface area (Å²) in [5.41, 5.74) is 3.06. The van der Waals surface area contributed by atoms with E-state index in [-0.39, 0.29) is 6.54 Å². The van der Waals surface area contributed by atoms with Gasteiger partial charge in [0.25, 0.3) is 0 Å². The molecule has 0 atom stereocenters. The number of hydrogen-bond donors (Lipinski definition) is 1. The first-order valence-electron chi connectivity index (χ1n) is 8.06. The molecule has 0 unspecified atom stereocenters. The Morgan fingerprint density at radius 3 is 2.62 bits per heavy atom. The zero-order valence-electron chi connectivity index (χ0n) is 14.0. The molecule has 3 rings (SSSR count). The van der Waals surface area contributed by atoms with E-state index in [2.05, 4.69) is 14.7 Å². The van der Waals surface area contributed by atoms with Crippen LogP contribution in [0.5, 0.6) is 0 Å². The standard InChI is InChI=1S/C17H22N4O2S/c1-21(2)17-18-10-9-15(20-17)12-19-24(22,23)16-8-7-13-5-3-4-6-14(13)11-16/h7-11,19H,3-6,12H2,1-2H3. The zero-order valence-corrected chi connectivity index (χ0v) is 14.8. The summed E-state index contributed by atoms with van der Waals surface area (Å²) in [5.74, 6) is 0.556. The lowest BCUT2D eigenvalue weighted by Crippen LogP contribution is -2.24. The molecule has 1 aliphatic carbocycles. The Morgan fingerprint density at radius 1 is 1.12 bits per heavy atom. The Kier molecular flexibility index (Phi) is 4.82. The van der Waals surface area contributed by atoms with Crippen LogP contribution in [-0.2, 0) is 29.4 Å². The fraction of sp³-hybridized carbons (Fsp3) is 0.412. The van der Waals surface area contributed by atoms with E-state index in [4.69, 9.17) is 0 Å². The van der Waals surface area contributed by atoms with Crippen molar-refractivity contribution < 1.29 is 8.42 Å². The monoisotopic (exact) mass is 346 g/mol. The van der Waals surface area contributed by atoms with Crippen molar-refractivity contribution >= 4 is 16.0 Å². The summed E-state index contributed by atoms with van der Waals surface area (Å²) >= 11 is 0. The van der Waals surface area contributed by atoms with Gasteiger partial charge in [0.1, 0.15) is 0 Å².